The van der Waals surface area contributed by atoms with Gasteiger partial charge in [0, 0.05) is 16.6 Å². The minimum atomic E-state index is 0. The fraction of sp³-hybridized carbons (Fsp3) is 0.500. The van der Waals surface area contributed by atoms with Gasteiger partial charge in [0.25, 0.3) is 0 Å². The summed E-state index contributed by atoms with van der Waals surface area (Å²) in [5.74, 6) is 1.65. The molecule has 2 rings (SSSR count). The van der Waals surface area contributed by atoms with Crippen molar-refractivity contribution in [2.75, 3.05) is 7.11 Å². The number of benzene rings is 1. The van der Waals surface area contributed by atoms with Gasteiger partial charge in [-0.15, -0.1) is 12.4 Å². The number of rotatable bonds is 4. The highest BCUT2D eigenvalue weighted by Gasteiger charge is 2.25. The molecule has 0 heterocycles. The molecule has 2 nitrogen and oxygen atoms in total. The third-order valence-electron chi connectivity index (χ3n) is 2.88. The molecule has 0 aromatic heterocycles. The Morgan fingerprint density at radius 3 is 2.75 bits per heavy atom. The van der Waals surface area contributed by atoms with Crippen LogP contribution in [0.3, 0.4) is 0 Å². The number of nitrogens with two attached hydrogens (primary N) is 1. The highest BCUT2D eigenvalue weighted by molar-refractivity contribution is 6.30. The molecule has 1 aromatic rings. The Balaban J connectivity index is 0.00000128. The van der Waals surface area contributed by atoms with E-state index in [1.165, 1.54) is 12.8 Å². The van der Waals surface area contributed by atoms with Crippen LogP contribution < -0.4 is 10.5 Å². The van der Waals surface area contributed by atoms with E-state index in [1.807, 2.05) is 18.2 Å². The zero-order valence-corrected chi connectivity index (χ0v) is 10.9. The average Bonchev–Trinajstić information content (AvgIpc) is 3.01. The normalized spacial score (nSPS) is 16.4. The van der Waals surface area contributed by atoms with E-state index in [-0.39, 0.29) is 18.4 Å². The maximum absolute atomic E-state index is 6.14. The summed E-state index contributed by atoms with van der Waals surface area (Å²) in [6.07, 6.45) is 3.67. The Labute approximate surface area is 108 Å². The van der Waals surface area contributed by atoms with Crippen molar-refractivity contribution >= 4 is 24.0 Å². The summed E-state index contributed by atoms with van der Waals surface area (Å²) in [5, 5.41) is 0.719. The van der Waals surface area contributed by atoms with Crippen molar-refractivity contribution in [3.63, 3.8) is 0 Å². The van der Waals surface area contributed by atoms with Crippen molar-refractivity contribution in [1.82, 2.24) is 0 Å². The molecule has 1 aliphatic carbocycles. The molecule has 1 fully saturated rings. The summed E-state index contributed by atoms with van der Waals surface area (Å²) >= 11 is 5.96. The molecule has 90 valence electrons. The van der Waals surface area contributed by atoms with Crippen LogP contribution in [0.5, 0.6) is 5.75 Å². The molecule has 0 amide bonds. The summed E-state index contributed by atoms with van der Waals surface area (Å²) in [6.45, 7) is 0. The van der Waals surface area contributed by atoms with Gasteiger partial charge in [0.2, 0.25) is 0 Å². The summed E-state index contributed by atoms with van der Waals surface area (Å²) in [5.41, 5.74) is 7.17. The van der Waals surface area contributed by atoms with Crippen LogP contribution in [0.25, 0.3) is 0 Å². The standard InChI is InChI=1S/C12H16ClNO.ClH/c1-15-12-5-4-9(13)7-10(12)11(14)6-8-2-3-8;/h4-5,7-8,11H,2-3,6,14H2,1H3;1H/t11-;/m0./s1. The molecule has 2 N–H and O–H groups in total. The van der Waals surface area contributed by atoms with E-state index in [0.717, 1.165) is 28.7 Å². The third kappa shape index (κ3) is 3.27. The molecule has 16 heavy (non-hydrogen) atoms. The van der Waals surface area contributed by atoms with Gasteiger partial charge in [0.1, 0.15) is 5.75 Å². The smallest absolute Gasteiger partial charge is 0.123 e. The van der Waals surface area contributed by atoms with Crippen molar-refractivity contribution in [3.8, 4) is 5.75 Å². The first-order valence-electron chi connectivity index (χ1n) is 5.29. The van der Waals surface area contributed by atoms with Crippen LogP contribution in [-0.2, 0) is 0 Å². The predicted molar refractivity (Wildman–Crippen MR) is 69.5 cm³/mol. The first kappa shape index (κ1) is 13.6. The Morgan fingerprint density at radius 2 is 2.19 bits per heavy atom. The molecule has 0 saturated heterocycles. The molecule has 0 unspecified atom stereocenters. The van der Waals surface area contributed by atoms with Crippen LogP contribution in [0.15, 0.2) is 18.2 Å². The second kappa shape index (κ2) is 5.76. The largest absolute Gasteiger partial charge is 0.496 e. The highest BCUT2D eigenvalue weighted by atomic mass is 35.5. The second-order valence-electron chi connectivity index (χ2n) is 4.17. The highest BCUT2D eigenvalue weighted by Crippen LogP contribution is 2.39. The second-order valence-corrected chi connectivity index (χ2v) is 4.61. The quantitative estimate of drug-likeness (QED) is 0.900. The van der Waals surface area contributed by atoms with Gasteiger partial charge in [-0.25, -0.2) is 0 Å². The molecule has 1 atom stereocenters. The van der Waals surface area contributed by atoms with Gasteiger partial charge in [0.05, 0.1) is 7.11 Å². The minimum Gasteiger partial charge on any atom is -0.496 e. The first-order chi connectivity index (χ1) is 7.20. The Bertz CT molecular complexity index is 353. The molecule has 1 aromatic carbocycles. The lowest BCUT2D eigenvalue weighted by atomic mass is 10.0. The third-order valence-corrected chi connectivity index (χ3v) is 3.11. The van der Waals surface area contributed by atoms with Crippen LogP contribution in [0, 0.1) is 5.92 Å². The lowest BCUT2D eigenvalue weighted by Crippen LogP contribution is -2.12. The molecule has 0 aliphatic heterocycles. The van der Waals surface area contributed by atoms with Crippen LogP contribution in [0.1, 0.15) is 30.9 Å². The average molecular weight is 262 g/mol. The van der Waals surface area contributed by atoms with E-state index in [4.69, 9.17) is 22.1 Å². The van der Waals surface area contributed by atoms with Gasteiger partial charge < -0.3 is 10.5 Å². The van der Waals surface area contributed by atoms with E-state index >= 15 is 0 Å². The fourth-order valence-corrected chi connectivity index (χ4v) is 2.02. The molecule has 0 spiro atoms. The zero-order valence-electron chi connectivity index (χ0n) is 9.28. The van der Waals surface area contributed by atoms with Crippen molar-refractivity contribution in [2.24, 2.45) is 11.7 Å². The maximum atomic E-state index is 6.14. The topological polar surface area (TPSA) is 35.2 Å². The Hall–Kier alpha value is -0.440. The van der Waals surface area contributed by atoms with Gasteiger partial charge in [-0.1, -0.05) is 24.4 Å². The summed E-state index contributed by atoms with van der Waals surface area (Å²) in [4.78, 5) is 0. The SMILES string of the molecule is COc1ccc(Cl)cc1[C@@H](N)CC1CC1.Cl. The number of methoxy groups -OCH3 is 1. The number of ether oxygens (including phenoxy) is 1. The van der Waals surface area contributed by atoms with Crippen LogP contribution in [-0.4, -0.2) is 7.11 Å². The lowest BCUT2D eigenvalue weighted by Gasteiger charge is -2.15. The minimum absolute atomic E-state index is 0. The summed E-state index contributed by atoms with van der Waals surface area (Å²) < 4.78 is 5.28. The fourth-order valence-electron chi connectivity index (χ4n) is 1.83. The monoisotopic (exact) mass is 261 g/mol. The number of halogens is 2. The van der Waals surface area contributed by atoms with E-state index in [0.29, 0.717) is 0 Å². The van der Waals surface area contributed by atoms with Crippen LogP contribution >= 0.6 is 24.0 Å². The van der Waals surface area contributed by atoms with E-state index in [9.17, 15) is 0 Å². The maximum Gasteiger partial charge on any atom is 0.123 e. The Kier molecular flexibility index (Phi) is 4.90. The van der Waals surface area contributed by atoms with E-state index in [1.54, 1.807) is 7.11 Å². The number of hydrogen-bond donors (Lipinski definition) is 1. The molecule has 0 bridgehead atoms. The van der Waals surface area contributed by atoms with Gasteiger partial charge in [-0.3, -0.25) is 0 Å². The van der Waals surface area contributed by atoms with E-state index in [2.05, 4.69) is 0 Å². The van der Waals surface area contributed by atoms with Crippen LogP contribution in [0.4, 0.5) is 0 Å². The van der Waals surface area contributed by atoms with Crippen molar-refractivity contribution < 1.29 is 4.74 Å². The van der Waals surface area contributed by atoms with Crippen molar-refractivity contribution in [1.29, 1.82) is 0 Å². The molecule has 0 radical (unpaired) electrons. The van der Waals surface area contributed by atoms with E-state index < -0.39 is 0 Å². The molecule has 4 heteroatoms. The molecular weight excluding hydrogens is 245 g/mol. The van der Waals surface area contributed by atoms with Gasteiger partial charge in [0.15, 0.2) is 0 Å². The van der Waals surface area contributed by atoms with Gasteiger partial charge in [-0.2, -0.15) is 0 Å². The summed E-state index contributed by atoms with van der Waals surface area (Å²) in [7, 11) is 1.66. The van der Waals surface area contributed by atoms with Gasteiger partial charge >= 0.3 is 0 Å². The molecule has 1 aliphatic rings. The van der Waals surface area contributed by atoms with Crippen molar-refractivity contribution in [2.45, 2.75) is 25.3 Å². The first-order valence-corrected chi connectivity index (χ1v) is 5.67. The molecular formula is C12H17Cl2NO. The van der Waals surface area contributed by atoms with Gasteiger partial charge in [-0.05, 0) is 30.5 Å². The number of hydrogen-bond acceptors (Lipinski definition) is 2. The molecule has 1 saturated carbocycles. The lowest BCUT2D eigenvalue weighted by molar-refractivity contribution is 0.403. The zero-order chi connectivity index (χ0) is 10.8. The summed E-state index contributed by atoms with van der Waals surface area (Å²) in [6, 6.07) is 5.66. The Morgan fingerprint density at radius 1 is 1.50 bits per heavy atom. The predicted octanol–water partition coefficient (Wildman–Crippen LogP) is 3.57. The van der Waals surface area contributed by atoms with Crippen LogP contribution in [0.2, 0.25) is 5.02 Å². The van der Waals surface area contributed by atoms with Crippen molar-refractivity contribution in [3.05, 3.63) is 28.8 Å².